The number of hydrogen-bond donors (Lipinski definition) is 1. The van der Waals surface area contributed by atoms with Crippen LogP contribution in [0.15, 0.2) is 11.8 Å². The van der Waals surface area contributed by atoms with Crippen LogP contribution in [0.25, 0.3) is 0 Å². The summed E-state index contributed by atoms with van der Waals surface area (Å²) in [6, 6.07) is 0. The minimum absolute atomic E-state index is 0.0220. The Hall–Kier alpha value is -1.20. The lowest BCUT2D eigenvalue weighted by Gasteiger charge is -2.28. The van der Waals surface area contributed by atoms with Crippen LogP contribution in [0.2, 0.25) is 0 Å². The largest absolute Gasteiger partial charge is 0.515 e. The van der Waals surface area contributed by atoms with E-state index in [1.165, 1.54) is 0 Å². The molecule has 0 aromatic heterocycles. The Labute approximate surface area is 119 Å². The summed E-state index contributed by atoms with van der Waals surface area (Å²) in [5, 5.41) is 8.63. The van der Waals surface area contributed by atoms with Crippen LogP contribution in [-0.4, -0.2) is 43.1 Å². The second-order valence-electron chi connectivity index (χ2n) is 6.47. The van der Waals surface area contributed by atoms with Gasteiger partial charge in [-0.25, -0.2) is 0 Å². The molecule has 0 unspecified atom stereocenters. The van der Waals surface area contributed by atoms with Gasteiger partial charge in [-0.15, -0.1) is 0 Å². The summed E-state index contributed by atoms with van der Waals surface area (Å²) in [7, 11) is 0. The quantitative estimate of drug-likeness (QED) is 0.544. The zero-order valence-corrected chi connectivity index (χ0v) is 12.7. The number of aliphatic hydroxyl groups excluding tert-OH is 1. The molecule has 2 aliphatic heterocycles. The van der Waals surface area contributed by atoms with Crippen LogP contribution in [0, 0.1) is 10.8 Å². The van der Waals surface area contributed by atoms with Crippen LogP contribution in [0.5, 0.6) is 0 Å². The fourth-order valence-electron chi connectivity index (χ4n) is 1.99. The van der Waals surface area contributed by atoms with E-state index in [2.05, 4.69) is 0 Å². The Kier molecular flexibility index (Phi) is 5.48. The molecule has 1 N–H and O–H groups in total. The van der Waals surface area contributed by atoms with Crippen molar-refractivity contribution in [3.8, 4) is 0 Å². The lowest BCUT2D eigenvalue weighted by atomic mass is 9.84. The van der Waals surface area contributed by atoms with Gasteiger partial charge < -0.3 is 14.6 Å². The van der Waals surface area contributed by atoms with Gasteiger partial charge in [-0.1, -0.05) is 27.7 Å². The van der Waals surface area contributed by atoms with E-state index >= 15 is 0 Å². The summed E-state index contributed by atoms with van der Waals surface area (Å²) < 4.78 is 10.2. The lowest BCUT2D eigenvalue weighted by Crippen LogP contribution is -2.37. The first-order valence-electron chi connectivity index (χ1n) is 6.77. The summed E-state index contributed by atoms with van der Waals surface area (Å²) >= 11 is 0. The molecule has 20 heavy (non-hydrogen) atoms. The van der Waals surface area contributed by atoms with Gasteiger partial charge in [0.15, 0.2) is 5.78 Å². The van der Waals surface area contributed by atoms with Crippen molar-refractivity contribution in [3.63, 3.8) is 0 Å². The number of carbonyl (C=O) groups is 2. The van der Waals surface area contributed by atoms with Crippen molar-refractivity contribution in [1.29, 1.82) is 0 Å². The summed E-state index contributed by atoms with van der Waals surface area (Å²) in [4.78, 5) is 22.4. The Morgan fingerprint density at radius 3 is 2.05 bits per heavy atom. The summed E-state index contributed by atoms with van der Waals surface area (Å²) in [5.41, 5.74) is -0.341. The van der Waals surface area contributed by atoms with Gasteiger partial charge in [-0.2, -0.15) is 0 Å². The lowest BCUT2D eigenvalue weighted by molar-refractivity contribution is -0.137. The van der Waals surface area contributed by atoms with Gasteiger partial charge in [0.05, 0.1) is 43.7 Å². The smallest absolute Gasteiger partial charge is 0.172 e. The van der Waals surface area contributed by atoms with Gasteiger partial charge in [0.1, 0.15) is 5.78 Å². The first kappa shape index (κ1) is 16.9. The number of ketones is 2. The van der Waals surface area contributed by atoms with Crippen LogP contribution in [0.1, 0.15) is 34.1 Å². The molecule has 5 heteroatoms. The van der Waals surface area contributed by atoms with Crippen LogP contribution in [-0.2, 0) is 19.1 Å². The molecular formula is C15H24O5. The van der Waals surface area contributed by atoms with Crippen molar-refractivity contribution in [2.24, 2.45) is 10.8 Å². The summed E-state index contributed by atoms with van der Waals surface area (Å²) in [6.45, 7) is 9.33. The van der Waals surface area contributed by atoms with E-state index in [0.717, 1.165) is 6.26 Å². The van der Waals surface area contributed by atoms with Gasteiger partial charge in [-0.05, 0) is 0 Å². The van der Waals surface area contributed by atoms with Crippen LogP contribution < -0.4 is 0 Å². The highest BCUT2D eigenvalue weighted by Crippen LogP contribution is 2.26. The molecule has 0 spiro atoms. The first-order valence-corrected chi connectivity index (χ1v) is 6.77. The molecule has 0 aromatic rings. The fraction of sp³-hybridized carbons (Fsp3) is 0.733. The van der Waals surface area contributed by atoms with E-state index in [-0.39, 0.29) is 17.8 Å². The monoisotopic (exact) mass is 284 g/mol. The standard InChI is InChI=1S/C8H12O3.C7H12O2/c1-8(2)5-11-4-6(3-9)7(8)10;1-7(2)5-9-4-3-6(7)8/h3,9H,4-5H2,1-2H3;3-5H2,1-2H3/b6-3+;. The summed E-state index contributed by atoms with van der Waals surface area (Å²) in [5.74, 6) is 0.306. The maximum absolute atomic E-state index is 11.4. The highest BCUT2D eigenvalue weighted by atomic mass is 16.5. The highest BCUT2D eigenvalue weighted by molar-refractivity contribution is 6.00. The fourth-order valence-corrected chi connectivity index (χ4v) is 1.99. The molecule has 2 fully saturated rings. The SMILES string of the molecule is CC1(C)COC/C(=C\O)C1=O.CC1(C)COCCC1=O. The van der Waals surface area contributed by atoms with Crippen molar-refractivity contribution in [2.45, 2.75) is 34.1 Å². The van der Waals surface area contributed by atoms with E-state index in [1.807, 2.05) is 13.8 Å². The van der Waals surface area contributed by atoms with E-state index < -0.39 is 5.41 Å². The zero-order valence-electron chi connectivity index (χ0n) is 12.7. The number of aliphatic hydroxyl groups is 1. The van der Waals surface area contributed by atoms with E-state index in [0.29, 0.717) is 37.6 Å². The molecule has 114 valence electrons. The summed E-state index contributed by atoms with van der Waals surface area (Å²) in [6.07, 6.45) is 1.43. The molecule has 2 aliphatic rings. The molecule has 5 nitrogen and oxygen atoms in total. The molecule has 2 heterocycles. The van der Waals surface area contributed by atoms with Crippen LogP contribution >= 0.6 is 0 Å². The number of carbonyl (C=O) groups excluding carboxylic acids is 2. The topological polar surface area (TPSA) is 72.8 Å². The molecule has 0 aromatic carbocycles. The van der Waals surface area contributed by atoms with E-state index in [1.54, 1.807) is 13.8 Å². The minimum atomic E-state index is -0.479. The van der Waals surface area contributed by atoms with Gasteiger partial charge in [-0.3, -0.25) is 9.59 Å². The number of ether oxygens (including phenoxy) is 2. The second-order valence-corrected chi connectivity index (χ2v) is 6.47. The predicted molar refractivity (Wildman–Crippen MR) is 74.5 cm³/mol. The molecule has 2 saturated heterocycles. The average molecular weight is 284 g/mol. The molecule has 0 amide bonds. The maximum Gasteiger partial charge on any atom is 0.172 e. The third-order valence-corrected chi connectivity index (χ3v) is 3.47. The number of Topliss-reactive ketones (excluding diaryl/α,β-unsaturated/α-hetero) is 2. The molecule has 0 saturated carbocycles. The van der Waals surface area contributed by atoms with Crippen LogP contribution in [0.3, 0.4) is 0 Å². The van der Waals surface area contributed by atoms with Crippen molar-refractivity contribution >= 4 is 11.6 Å². The highest BCUT2D eigenvalue weighted by Gasteiger charge is 2.34. The Balaban J connectivity index is 0.000000204. The van der Waals surface area contributed by atoms with Crippen molar-refractivity contribution in [2.75, 3.05) is 26.4 Å². The second kappa shape index (κ2) is 6.50. The van der Waals surface area contributed by atoms with Crippen LogP contribution in [0.4, 0.5) is 0 Å². The molecular weight excluding hydrogens is 260 g/mol. The number of rotatable bonds is 0. The molecule has 0 radical (unpaired) electrons. The molecule has 2 rings (SSSR count). The van der Waals surface area contributed by atoms with Crippen molar-refractivity contribution in [1.82, 2.24) is 0 Å². The zero-order chi connectivity index (χ0) is 15.4. The first-order chi connectivity index (χ1) is 9.20. The Morgan fingerprint density at radius 1 is 1.05 bits per heavy atom. The minimum Gasteiger partial charge on any atom is -0.515 e. The predicted octanol–water partition coefficient (Wildman–Crippen LogP) is 2.06. The maximum atomic E-state index is 11.4. The average Bonchev–Trinajstić information content (AvgIpc) is 2.37. The molecule has 0 bridgehead atoms. The van der Waals surface area contributed by atoms with Crippen molar-refractivity contribution in [3.05, 3.63) is 11.8 Å². The van der Waals surface area contributed by atoms with Gasteiger partial charge in [0.2, 0.25) is 0 Å². The Morgan fingerprint density at radius 2 is 1.65 bits per heavy atom. The third-order valence-electron chi connectivity index (χ3n) is 3.47. The Bertz CT molecular complexity index is 406. The molecule has 0 aliphatic carbocycles. The van der Waals surface area contributed by atoms with Gasteiger partial charge in [0.25, 0.3) is 0 Å². The van der Waals surface area contributed by atoms with Crippen molar-refractivity contribution < 1.29 is 24.2 Å². The number of hydrogen-bond acceptors (Lipinski definition) is 5. The van der Waals surface area contributed by atoms with E-state index in [4.69, 9.17) is 14.6 Å². The van der Waals surface area contributed by atoms with Gasteiger partial charge >= 0.3 is 0 Å². The normalized spacial score (nSPS) is 26.9. The van der Waals surface area contributed by atoms with Gasteiger partial charge in [0, 0.05) is 11.8 Å². The third kappa shape index (κ3) is 4.15. The molecule has 0 atom stereocenters. The van der Waals surface area contributed by atoms with E-state index in [9.17, 15) is 9.59 Å².